The van der Waals surface area contributed by atoms with E-state index in [0.717, 1.165) is 17.4 Å². The second-order valence-electron chi connectivity index (χ2n) is 3.33. The van der Waals surface area contributed by atoms with Crippen LogP contribution in [0.15, 0.2) is 29.6 Å². The maximum Gasteiger partial charge on any atom is 0.274 e. The number of nitrogens with one attached hydrogen (secondary N) is 1. The van der Waals surface area contributed by atoms with E-state index in [9.17, 15) is 14.0 Å². The van der Waals surface area contributed by atoms with Crippen LogP contribution in [0, 0.1) is 5.95 Å². The molecule has 0 spiro atoms. The summed E-state index contributed by atoms with van der Waals surface area (Å²) in [6, 6.07) is 5.38. The van der Waals surface area contributed by atoms with E-state index >= 15 is 0 Å². The summed E-state index contributed by atoms with van der Waals surface area (Å²) in [7, 11) is 0. The largest absolute Gasteiger partial charge is 0.366 e. The first-order valence-corrected chi connectivity index (χ1v) is 5.77. The van der Waals surface area contributed by atoms with Gasteiger partial charge in [-0.1, -0.05) is 6.07 Å². The monoisotopic (exact) mass is 265 g/mol. The van der Waals surface area contributed by atoms with E-state index in [4.69, 9.17) is 5.73 Å². The second kappa shape index (κ2) is 4.92. The Bertz CT molecular complexity index is 612. The highest BCUT2D eigenvalue weighted by atomic mass is 32.1. The van der Waals surface area contributed by atoms with Crippen LogP contribution in [-0.2, 0) is 0 Å². The Labute approximate surface area is 105 Å². The molecule has 2 amide bonds. The second-order valence-corrected chi connectivity index (χ2v) is 4.24. The molecule has 0 unspecified atom stereocenters. The number of aromatic nitrogens is 1. The summed E-state index contributed by atoms with van der Waals surface area (Å²) >= 11 is 1.15. The molecule has 5 nitrogen and oxygen atoms in total. The lowest BCUT2D eigenvalue weighted by molar-refractivity contribution is 0.100. The van der Waals surface area contributed by atoms with Crippen molar-refractivity contribution >= 4 is 28.2 Å². The lowest BCUT2D eigenvalue weighted by Crippen LogP contribution is -2.17. The van der Waals surface area contributed by atoms with Gasteiger partial charge in [0.25, 0.3) is 11.8 Å². The maximum atomic E-state index is 12.9. The number of carbonyl (C=O) groups excluding carboxylic acids is 2. The van der Waals surface area contributed by atoms with Crippen LogP contribution >= 0.6 is 11.3 Å². The van der Waals surface area contributed by atoms with Crippen molar-refractivity contribution in [3.63, 3.8) is 0 Å². The summed E-state index contributed by atoms with van der Waals surface area (Å²) in [6.45, 7) is 0. The standard InChI is InChI=1S/C11H8FN3O2S/c12-8-3-1-2-7(14-8)10(17)15-11-6(9(13)16)4-5-18-11/h1-5H,(H2,13,16)(H,15,17). The fourth-order valence-corrected chi connectivity index (χ4v) is 2.09. The van der Waals surface area contributed by atoms with Crippen molar-refractivity contribution in [2.75, 3.05) is 5.32 Å². The zero-order chi connectivity index (χ0) is 13.1. The van der Waals surface area contributed by atoms with Crippen LogP contribution in [-0.4, -0.2) is 16.8 Å². The molecule has 0 aliphatic rings. The summed E-state index contributed by atoms with van der Waals surface area (Å²) in [5.41, 5.74) is 5.28. The normalized spacial score (nSPS) is 10.1. The average Bonchev–Trinajstić information content (AvgIpc) is 2.77. The van der Waals surface area contributed by atoms with E-state index in [2.05, 4.69) is 10.3 Å². The number of pyridine rings is 1. The van der Waals surface area contributed by atoms with E-state index < -0.39 is 17.8 Å². The quantitative estimate of drug-likeness (QED) is 0.827. The Kier molecular flexibility index (Phi) is 3.33. The minimum atomic E-state index is -0.746. The van der Waals surface area contributed by atoms with Crippen LogP contribution in [0.5, 0.6) is 0 Å². The lowest BCUT2D eigenvalue weighted by Gasteiger charge is -2.03. The van der Waals surface area contributed by atoms with Crippen LogP contribution in [0.4, 0.5) is 9.39 Å². The Morgan fingerprint density at radius 2 is 2.11 bits per heavy atom. The Morgan fingerprint density at radius 1 is 1.33 bits per heavy atom. The molecule has 0 saturated carbocycles. The summed E-state index contributed by atoms with van der Waals surface area (Å²) in [5.74, 6) is -1.98. The smallest absolute Gasteiger partial charge is 0.274 e. The van der Waals surface area contributed by atoms with Gasteiger partial charge in [-0.15, -0.1) is 11.3 Å². The minimum absolute atomic E-state index is 0.0705. The molecule has 0 bridgehead atoms. The molecule has 2 rings (SSSR count). The Morgan fingerprint density at radius 3 is 2.78 bits per heavy atom. The zero-order valence-electron chi connectivity index (χ0n) is 9.01. The molecule has 0 aliphatic heterocycles. The molecule has 7 heteroatoms. The molecule has 0 atom stereocenters. The van der Waals surface area contributed by atoms with Gasteiger partial charge in [-0.3, -0.25) is 9.59 Å². The first-order chi connectivity index (χ1) is 8.58. The van der Waals surface area contributed by atoms with Crippen LogP contribution in [0.2, 0.25) is 0 Å². The van der Waals surface area contributed by atoms with Gasteiger partial charge < -0.3 is 11.1 Å². The van der Waals surface area contributed by atoms with Crippen LogP contribution in [0.1, 0.15) is 20.8 Å². The summed E-state index contributed by atoms with van der Waals surface area (Å²) in [5, 5.41) is 4.40. The van der Waals surface area contributed by atoms with Crippen LogP contribution < -0.4 is 11.1 Å². The molecule has 3 N–H and O–H groups in total. The van der Waals surface area contributed by atoms with Gasteiger partial charge >= 0.3 is 0 Å². The van der Waals surface area contributed by atoms with E-state index in [-0.39, 0.29) is 11.3 Å². The molecule has 0 radical (unpaired) electrons. The molecule has 0 fully saturated rings. The fraction of sp³-hybridized carbons (Fsp3) is 0. The molecular formula is C11H8FN3O2S. The van der Waals surface area contributed by atoms with E-state index in [0.29, 0.717) is 5.00 Å². The summed E-state index contributed by atoms with van der Waals surface area (Å²) in [6.07, 6.45) is 0. The van der Waals surface area contributed by atoms with Gasteiger partial charge in [0.2, 0.25) is 5.95 Å². The van der Waals surface area contributed by atoms with Crippen LogP contribution in [0.3, 0.4) is 0 Å². The maximum absolute atomic E-state index is 12.9. The van der Waals surface area contributed by atoms with Crippen molar-refractivity contribution in [1.82, 2.24) is 4.98 Å². The number of thiophene rings is 1. The highest BCUT2D eigenvalue weighted by Crippen LogP contribution is 2.23. The molecule has 92 valence electrons. The van der Waals surface area contributed by atoms with Gasteiger partial charge in [-0.05, 0) is 23.6 Å². The van der Waals surface area contributed by atoms with Gasteiger partial charge in [0.05, 0.1) is 5.56 Å². The predicted octanol–water partition coefficient (Wildman–Crippen LogP) is 1.63. The number of hydrogen-bond donors (Lipinski definition) is 2. The number of carbonyl (C=O) groups is 2. The average molecular weight is 265 g/mol. The third kappa shape index (κ3) is 2.51. The third-order valence-electron chi connectivity index (χ3n) is 2.11. The first-order valence-electron chi connectivity index (χ1n) is 4.89. The number of primary amides is 1. The molecule has 2 aromatic rings. The number of nitrogens with two attached hydrogens (primary N) is 1. The number of anilines is 1. The van der Waals surface area contributed by atoms with Gasteiger partial charge in [-0.25, -0.2) is 4.98 Å². The molecule has 0 aromatic carbocycles. The number of nitrogens with zero attached hydrogens (tertiary/aromatic N) is 1. The highest BCUT2D eigenvalue weighted by Gasteiger charge is 2.14. The van der Waals surface area contributed by atoms with Gasteiger partial charge in [0.1, 0.15) is 10.7 Å². The third-order valence-corrected chi connectivity index (χ3v) is 2.94. The number of rotatable bonds is 3. The predicted molar refractivity (Wildman–Crippen MR) is 65.0 cm³/mol. The Hall–Kier alpha value is -2.28. The Balaban J connectivity index is 2.21. The zero-order valence-corrected chi connectivity index (χ0v) is 9.83. The van der Waals surface area contributed by atoms with Crippen molar-refractivity contribution in [2.24, 2.45) is 5.73 Å². The summed E-state index contributed by atoms with van der Waals surface area (Å²) in [4.78, 5) is 26.2. The molecule has 18 heavy (non-hydrogen) atoms. The molecule has 0 aliphatic carbocycles. The molecular weight excluding hydrogens is 257 g/mol. The topological polar surface area (TPSA) is 85.1 Å². The van der Waals surface area contributed by atoms with Crippen molar-refractivity contribution in [3.05, 3.63) is 46.9 Å². The number of amides is 2. The molecule has 2 heterocycles. The van der Waals surface area contributed by atoms with Gasteiger partial charge in [0.15, 0.2) is 0 Å². The van der Waals surface area contributed by atoms with Crippen molar-refractivity contribution in [2.45, 2.75) is 0 Å². The van der Waals surface area contributed by atoms with Crippen LogP contribution in [0.25, 0.3) is 0 Å². The van der Waals surface area contributed by atoms with E-state index in [1.54, 1.807) is 5.38 Å². The summed E-state index contributed by atoms with van der Waals surface area (Å²) < 4.78 is 12.9. The molecule has 0 saturated heterocycles. The lowest BCUT2D eigenvalue weighted by atomic mass is 10.3. The SMILES string of the molecule is NC(=O)c1ccsc1NC(=O)c1cccc(F)n1. The van der Waals surface area contributed by atoms with E-state index in [1.807, 2.05) is 0 Å². The first kappa shape index (κ1) is 12.2. The minimum Gasteiger partial charge on any atom is -0.366 e. The van der Waals surface area contributed by atoms with Crippen molar-refractivity contribution in [3.8, 4) is 0 Å². The fourth-order valence-electron chi connectivity index (χ4n) is 1.30. The van der Waals surface area contributed by atoms with Crippen molar-refractivity contribution in [1.29, 1.82) is 0 Å². The highest BCUT2D eigenvalue weighted by molar-refractivity contribution is 7.14. The van der Waals surface area contributed by atoms with Gasteiger partial charge in [0, 0.05) is 0 Å². The number of halogens is 1. The number of hydrogen-bond acceptors (Lipinski definition) is 4. The van der Waals surface area contributed by atoms with E-state index in [1.165, 1.54) is 18.2 Å². The van der Waals surface area contributed by atoms with Crippen molar-refractivity contribution < 1.29 is 14.0 Å². The van der Waals surface area contributed by atoms with Gasteiger partial charge in [-0.2, -0.15) is 4.39 Å². The molecule has 2 aromatic heterocycles.